The fourth-order valence-corrected chi connectivity index (χ4v) is 7.21. The molecule has 0 saturated carbocycles. The first kappa shape index (κ1) is 31.9. The van der Waals surface area contributed by atoms with Crippen LogP contribution >= 0.6 is 0 Å². The summed E-state index contributed by atoms with van der Waals surface area (Å²) in [5, 5.41) is 9.13. The molecule has 0 aliphatic carbocycles. The molecule has 0 bridgehead atoms. The Hall–Kier alpha value is -3.08. The molecular formula is C36H48N4O5. The Labute approximate surface area is 267 Å². The van der Waals surface area contributed by atoms with Crippen molar-refractivity contribution in [3.05, 3.63) is 70.4 Å². The van der Waals surface area contributed by atoms with Crippen molar-refractivity contribution in [1.82, 2.24) is 14.9 Å². The minimum Gasteiger partial charge on any atom is -0.488 e. The van der Waals surface area contributed by atoms with E-state index in [1.54, 1.807) is 0 Å². The van der Waals surface area contributed by atoms with Crippen LogP contribution in [0.15, 0.2) is 42.6 Å². The lowest BCUT2D eigenvalue weighted by molar-refractivity contribution is -0.0624. The minimum atomic E-state index is -0.271. The van der Waals surface area contributed by atoms with Gasteiger partial charge in [-0.25, -0.2) is 9.97 Å². The van der Waals surface area contributed by atoms with E-state index in [0.29, 0.717) is 38.4 Å². The van der Waals surface area contributed by atoms with Crippen molar-refractivity contribution in [2.75, 3.05) is 57.8 Å². The SMILES string of the molecule is CCO[C@@H]1CN(c2nccc(-c3cccc(C)c3OCc3cc(C)c4c(c3)CCN(C3CCOCC3)C4)n2)CC[C@@H]1COCO. The minimum absolute atomic E-state index is 0.00886. The normalized spacial score (nSPS) is 21.1. The van der Waals surface area contributed by atoms with Crippen molar-refractivity contribution in [3.63, 3.8) is 0 Å². The number of piperidine rings is 1. The number of ether oxygens (including phenoxy) is 4. The number of para-hydroxylation sites is 1. The number of benzene rings is 2. The summed E-state index contributed by atoms with van der Waals surface area (Å²) in [7, 11) is 0. The third-order valence-corrected chi connectivity index (χ3v) is 9.66. The molecule has 3 aliphatic rings. The van der Waals surface area contributed by atoms with E-state index in [4.69, 9.17) is 29.0 Å². The number of hydrogen-bond acceptors (Lipinski definition) is 9. The summed E-state index contributed by atoms with van der Waals surface area (Å²) in [5.41, 5.74) is 8.39. The lowest BCUT2D eigenvalue weighted by Gasteiger charge is -2.38. The Kier molecular flexibility index (Phi) is 10.6. The zero-order chi connectivity index (χ0) is 31.2. The zero-order valence-electron chi connectivity index (χ0n) is 27.0. The van der Waals surface area contributed by atoms with Gasteiger partial charge in [-0.1, -0.05) is 24.3 Å². The van der Waals surface area contributed by atoms with Gasteiger partial charge in [0.15, 0.2) is 0 Å². The van der Waals surface area contributed by atoms with E-state index in [9.17, 15) is 0 Å². The summed E-state index contributed by atoms with van der Waals surface area (Å²) >= 11 is 0. The van der Waals surface area contributed by atoms with Crippen molar-refractivity contribution < 1.29 is 24.1 Å². The van der Waals surface area contributed by atoms with Crippen molar-refractivity contribution >= 4 is 5.95 Å². The Morgan fingerprint density at radius 1 is 1.04 bits per heavy atom. The number of fused-ring (bicyclic) bond motifs is 1. The molecule has 1 N–H and O–H groups in total. The van der Waals surface area contributed by atoms with E-state index in [2.05, 4.69) is 59.0 Å². The van der Waals surface area contributed by atoms with Crippen LogP contribution in [0.25, 0.3) is 11.3 Å². The lowest BCUT2D eigenvalue weighted by atomic mass is 9.91. The molecule has 3 aliphatic heterocycles. The molecule has 4 heterocycles. The first-order valence-electron chi connectivity index (χ1n) is 16.6. The van der Waals surface area contributed by atoms with Gasteiger partial charge in [-0.3, -0.25) is 4.90 Å². The monoisotopic (exact) mass is 616 g/mol. The van der Waals surface area contributed by atoms with Gasteiger partial charge in [-0.05, 0) is 86.4 Å². The summed E-state index contributed by atoms with van der Waals surface area (Å²) < 4.78 is 23.6. The van der Waals surface area contributed by atoms with Crippen LogP contribution < -0.4 is 9.64 Å². The van der Waals surface area contributed by atoms with Crippen molar-refractivity contribution in [2.45, 2.75) is 71.8 Å². The molecule has 2 atom stereocenters. The van der Waals surface area contributed by atoms with Gasteiger partial charge in [-0.2, -0.15) is 0 Å². The number of rotatable bonds is 11. The summed E-state index contributed by atoms with van der Waals surface area (Å²) in [6.07, 6.45) is 6.06. The molecular weight excluding hydrogens is 568 g/mol. The van der Waals surface area contributed by atoms with Gasteiger partial charge in [0.1, 0.15) is 19.1 Å². The van der Waals surface area contributed by atoms with E-state index in [-0.39, 0.29) is 18.8 Å². The van der Waals surface area contributed by atoms with Crippen LogP contribution in [0.1, 0.15) is 54.0 Å². The second-order valence-electron chi connectivity index (χ2n) is 12.6. The average Bonchev–Trinajstić information content (AvgIpc) is 3.07. The molecule has 9 nitrogen and oxygen atoms in total. The molecule has 9 heteroatoms. The maximum absolute atomic E-state index is 9.13. The number of hydrogen-bond donors (Lipinski definition) is 1. The Morgan fingerprint density at radius 2 is 1.91 bits per heavy atom. The third kappa shape index (κ3) is 7.50. The van der Waals surface area contributed by atoms with Gasteiger partial charge in [0, 0.05) is 69.7 Å². The average molecular weight is 617 g/mol. The van der Waals surface area contributed by atoms with E-state index in [0.717, 1.165) is 81.1 Å². The predicted molar refractivity (Wildman–Crippen MR) is 174 cm³/mol. The molecule has 3 aromatic rings. The Bertz CT molecular complexity index is 1430. The second-order valence-corrected chi connectivity index (χ2v) is 12.6. The predicted octanol–water partition coefficient (Wildman–Crippen LogP) is 5.07. The van der Waals surface area contributed by atoms with E-state index in [1.807, 2.05) is 19.2 Å². The molecule has 2 saturated heterocycles. The molecule has 0 radical (unpaired) electrons. The van der Waals surface area contributed by atoms with Crippen LogP contribution in [-0.2, 0) is 33.8 Å². The number of aliphatic hydroxyl groups is 1. The topological polar surface area (TPSA) is 89.4 Å². The van der Waals surface area contributed by atoms with Crippen LogP contribution in [0.5, 0.6) is 5.75 Å². The molecule has 2 fully saturated rings. The Morgan fingerprint density at radius 3 is 2.73 bits per heavy atom. The molecule has 45 heavy (non-hydrogen) atoms. The fourth-order valence-electron chi connectivity index (χ4n) is 7.21. The standard InChI is InChI=1S/C36H48N4O5/c1-4-44-34-21-40(15-10-29(34)23-43-24-41)36-37-13-8-33(38-36)31-7-5-6-25(2)35(31)45-22-27-18-26(3)32-20-39(14-9-28(32)19-27)30-11-16-42-17-12-30/h5-8,13,18-19,29-30,34,41H,4,9-12,14-17,20-24H2,1-3H3/t29-,34-/m1/s1. The summed E-state index contributed by atoms with van der Waals surface area (Å²) in [4.78, 5) is 14.5. The van der Waals surface area contributed by atoms with Crippen molar-refractivity contribution in [3.8, 4) is 17.0 Å². The molecule has 0 spiro atoms. The number of anilines is 1. The van der Waals surface area contributed by atoms with Crippen molar-refractivity contribution in [1.29, 1.82) is 0 Å². The number of aliphatic hydroxyl groups excluding tert-OH is 1. The van der Waals surface area contributed by atoms with Crippen LogP contribution in [-0.4, -0.2) is 85.0 Å². The largest absolute Gasteiger partial charge is 0.488 e. The number of aromatic nitrogens is 2. The van der Waals surface area contributed by atoms with Crippen molar-refractivity contribution in [2.24, 2.45) is 5.92 Å². The highest BCUT2D eigenvalue weighted by atomic mass is 16.6. The van der Waals surface area contributed by atoms with Gasteiger partial charge in [0.2, 0.25) is 5.95 Å². The highest BCUT2D eigenvalue weighted by Gasteiger charge is 2.31. The van der Waals surface area contributed by atoms with Crippen LogP contribution in [0.2, 0.25) is 0 Å². The van der Waals surface area contributed by atoms with Gasteiger partial charge in [0.25, 0.3) is 0 Å². The van der Waals surface area contributed by atoms with Gasteiger partial charge < -0.3 is 29.0 Å². The summed E-state index contributed by atoms with van der Waals surface area (Å²) in [6, 6.07) is 13.5. The molecule has 1 aromatic heterocycles. The van der Waals surface area contributed by atoms with E-state index in [1.165, 1.54) is 22.3 Å². The van der Waals surface area contributed by atoms with Crippen LogP contribution in [0.3, 0.4) is 0 Å². The van der Waals surface area contributed by atoms with Gasteiger partial charge in [0.05, 0.1) is 18.4 Å². The summed E-state index contributed by atoms with van der Waals surface area (Å²) in [5.74, 6) is 1.77. The second kappa shape index (κ2) is 15.0. The maximum Gasteiger partial charge on any atom is 0.225 e. The maximum atomic E-state index is 9.13. The smallest absolute Gasteiger partial charge is 0.225 e. The zero-order valence-corrected chi connectivity index (χ0v) is 27.0. The van der Waals surface area contributed by atoms with Crippen LogP contribution in [0, 0.1) is 19.8 Å². The van der Waals surface area contributed by atoms with Gasteiger partial charge in [-0.15, -0.1) is 0 Å². The van der Waals surface area contributed by atoms with E-state index < -0.39 is 0 Å². The highest BCUT2D eigenvalue weighted by molar-refractivity contribution is 5.69. The molecule has 242 valence electrons. The third-order valence-electron chi connectivity index (χ3n) is 9.66. The molecule has 6 rings (SSSR count). The molecule has 0 unspecified atom stereocenters. The highest BCUT2D eigenvalue weighted by Crippen LogP contribution is 2.35. The lowest BCUT2D eigenvalue weighted by Crippen LogP contribution is -2.47. The fraction of sp³-hybridized carbons (Fsp3) is 0.556. The first-order chi connectivity index (χ1) is 22.0. The molecule has 0 amide bonds. The van der Waals surface area contributed by atoms with E-state index >= 15 is 0 Å². The summed E-state index contributed by atoms with van der Waals surface area (Å²) in [6.45, 7) is 13.1. The number of aryl methyl sites for hydroxylation is 2. The van der Waals surface area contributed by atoms with Crippen LogP contribution in [0.4, 0.5) is 5.95 Å². The van der Waals surface area contributed by atoms with Gasteiger partial charge >= 0.3 is 0 Å². The first-order valence-corrected chi connectivity index (χ1v) is 16.6. The Balaban J connectivity index is 1.16. The number of nitrogens with zero attached hydrogens (tertiary/aromatic N) is 4. The quantitative estimate of drug-likeness (QED) is 0.297. The molecule has 2 aromatic carbocycles.